The highest BCUT2D eigenvalue weighted by Crippen LogP contribution is 2.27. The first kappa shape index (κ1) is 23.8. The zero-order valence-corrected chi connectivity index (χ0v) is 17.3. The van der Waals surface area contributed by atoms with E-state index in [-0.39, 0.29) is 18.8 Å². The molecule has 156 valence electrons. The van der Waals surface area contributed by atoms with Crippen molar-refractivity contribution in [3.63, 3.8) is 0 Å². The van der Waals surface area contributed by atoms with Crippen molar-refractivity contribution in [3.8, 4) is 0 Å². The molecule has 0 aliphatic heterocycles. The maximum Gasteiger partial charge on any atom is 0.262 e. The number of unbranched alkanes of at least 4 members (excludes halogenated alkanes) is 1. The molecular formula is C17H26F5NO3Si. The van der Waals surface area contributed by atoms with Crippen LogP contribution in [-0.4, -0.2) is 35.0 Å². The van der Waals surface area contributed by atoms with Crippen LogP contribution in [-0.2, 0) is 13.9 Å². The van der Waals surface area contributed by atoms with Gasteiger partial charge >= 0.3 is 0 Å². The predicted octanol–water partition coefficient (Wildman–Crippen LogP) is 4.23. The van der Waals surface area contributed by atoms with Crippen LogP contribution in [0, 0.1) is 29.1 Å². The highest BCUT2D eigenvalue weighted by molar-refractivity contribution is 6.27. The van der Waals surface area contributed by atoms with Crippen molar-refractivity contribution in [3.05, 3.63) is 29.1 Å². The number of anilines is 1. The van der Waals surface area contributed by atoms with E-state index in [4.69, 9.17) is 13.9 Å². The number of halogens is 5. The fourth-order valence-corrected chi connectivity index (χ4v) is 3.19. The minimum atomic E-state index is -2.17. The smallest absolute Gasteiger partial charge is 0.262 e. The lowest BCUT2D eigenvalue weighted by molar-refractivity contribution is -0.275. The third kappa shape index (κ3) is 7.72. The average Bonchev–Trinajstić information content (AvgIpc) is 2.58. The van der Waals surface area contributed by atoms with Gasteiger partial charge in [-0.05, 0) is 40.2 Å². The standard InChI is InChI=1S/C17H26F5NO3Si/c1-9(2)24-17(25-10(3)4)26-27-8-6-5-7-23-16-14(21)12(19)11(18)13(20)15(16)22/h9-10,17,23H,5-8,27H2,1-4H3. The number of ether oxygens (including phenoxy) is 2. The van der Waals surface area contributed by atoms with Crippen molar-refractivity contribution in [2.75, 3.05) is 11.9 Å². The Morgan fingerprint density at radius 2 is 1.26 bits per heavy atom. The Kier molecular flexibility index (Phi) is 10.2. The lowest BCUT2D eigenvalue weighted by atomic mass is 10.2. The first-order valence-corrected chi connectivity index (χ1v) is 10.4. The van der Waals surface area contributed by atoms with E-state index in [1.54, 1.807) is 0 Å². The lowest BCUT2D eigenvalue weighted by Crippen LogP contribution is -2.28. The second-order valence-electron chi connectivity index (χ2n) is 6.46. The Labute approximate surface area is 158 Å². The van der Waals surface area contributed by atoms with Crippen LogP contribution in [0.3, 0.4) is 0 Å². The summed E-state index contributed by atoms with van der Waals surface area (Å²) in [5.41, 5.74) is -1.00. The summed E-state index contributed by atoms with van der Waals surface area (Å²) in [7, 11) is -0.942. The number of hydrogen-bond donors (Lipinski definition) is 1. The molecule has 1 rings (SSSR count). The van der Waals surface area contributed by atoms with Gasteiger partial charge in [0.15, 0.2) is 33.0 Å². The van der Waals surface area contributed by atoms with Crippen LogP contribution < -0.4 is 5.32 Å². The molecule has 1 N–H and O–H groups in total. The van der Waals surface area contributed by atoms with Crippen LogP contribution in [0.15, 0.2) is 0 Å². The van der Waals surface area contributed by atoms with E-state index >= 15 is 0 Å². The van der Waals surface area contributed by atoms with Crippen molar-refractivity contribution in [1.29, 1.82) is 0 Å². The summed E-state index contributed by atoms with van der Waals surface area (Å²) in [6.07, 6.45) is 1.06. The number of rotatable bonds is 12. The van der Waals surface area contributed by atoms with E-state index in [1.165, 1.54) is 0 Å². The van der Waals surface area contributed by atoms with Crippen molar-refractivity contribution in [1.82, 2.24) is 0 Å². The molecule has 0 fully saturated rings. The van der Waals surface area contributed by atoms with Gasteiger partial charge in [-0.3, -0.25) is 0 Å². The van der Waals surface area contributed by atoms with Gasteiger partial charge in [0.25, 0.3) is 6.48 Å². The minimum Gasteiger partial charge on any atom is -0.380 e. The Hall–Kier alpha value is -1.23. The van der Waals surface area contributed by atoms with E-state index in [1.807, 2.05) is 27.7 Å². The fraction of sp³-hybridized carbons (Fsp3) is 0.647. The summed E-state index contributed by atoms with van der Waals surface area (Å²) in [4.78, 5) is 0. The molecule has 0 bridgehead atoms. The molecule has 0 aliphatic rings. The molecule has 0 heterocycles. The monoisotopic (exact) mass is 415 g/mol. The summed E-state index contributed by atoms with van der Waals surface area (Å²) in [5, 5.41) is 2.27. The third-order valence-electron chi connectivity index (χ3n) is 3.35. The Bertz CT molecular complexity index is 565. The second-order valence-corrected chi connectivity index (χ2v) is 7.91. The van der Waals surface area contributed by atoms with Gasteiger partial charge < -0.3 is 19.2 Å². The Morgan fingerprint density at radius 1 is 0.778 bits per heavy atom. The maximum atomic E-state index is 13.5. The Balaban J connectivity index is 2.35. The normalized spacial score (nSPS) is 12.3. The molecule has 1 aromatic carbocycles. The van der Waals surface area contributed by atoms with Crippen LogP contribution in [0.25, 0.3) is 0 Å². The molecule has 0 aromatic heterocycles. The molecule has 0 saturated carbocycles. The first-order chi connectivity index (χ1) is 12.6. The van der Waals surface area contributed by atoms with Gasteiger partial charge in [-0.25, -0.2) is 22.0 Å². The fourth-order valence-electron chi connectivity index (χ4n) is 2.11. The van der Waals surface area contributed by atoms with E-state index in [9.17, 15) is 22.0 Å². The van der Waals surface area contributed by atoms with E-state index < -0.39 is 51.0 Å². The SMILES string of the molecule is CC(C)OC(O[SiH2]CCCCNc1c(F)c(F)c(F)c(F)c1F)OC(C)C. The van der Waals surface area contributed by atoms with Gasteiger partial charge in [0, 0.05) is 6.54 Å². The summed E-state index contributed by atoms with van der Waals surface area (Å²) < 4.78 is 82.8. The summed E-state index contributed by atoms with van der Waals surface area (Å²) >= 11 is 0. The second kappa shape index (κ2) is 11.6. The Morgan fingerprint density at radius 3 is 1.74 bits per heavy atom. The van der Waals surface area contributed by atoms with Gasteiger partial charge in [0.1, 0.15) is 5.69 Å². The molecule has 27 heavy (non-hydrogen) atoms. The van der Waals surface area contributed by atoms with Crippen LogP contribution in [0.4, 0.5) is 27.6 Å². The minimum absolute atomic E-state index is 0.0479. The quantitative estimate of drug-likeness (QED) is 0.139. The molecule has 0 radical (unpaired) electrons. The van der Waals surface area contributed by atoms with E-state index in [2.05, 4.69) is 5.32 Å². The molecule has 0 amide bonds. The maximum absolute atomic E-state index is 13.5. The predicted molar refractivity (Wildman–Crippen MR) is 94.6 cm³/mol. The van der Waals surface area contributed by atoms with Gasteiger partial charge in [0.2, 0.25) is 5.82 Å². The van der Waals surface area contributed by atoms with E-state index in [0.717, 1.165) is 6.04 Å². The topological polar surface area (TPSA) is 39.7 Å². The number of hydrogen-bond acceptors (Lipinski definition) is 4. The van der Waals surface area contributed by atoms with Crippen LogP contribution >= 0.6 is 0 Å². The molecule has 4 nitrogen and oxygen atoms in total. The number of benzene rings is 1. The van der Waals surface area contributed by atoms with Crippen LogP contribution in [0.2, 0.25) is 6.04 Å². The zero-order valence-electron chi connectivity index (χ0n) is 15.9. The zero-order chi connectivity index (χ0) is 20.6. The summed E-state index contributed by atoms with van der Waals surface area (Å²) in [5.74, 6) is -9.80. The van der Waals surface area contributed by atoms with Gasteiger partial charge in [0.05, 0.1) is 12.2 Å². The molecule has 0 saturated heterocycles. The molecule has 0 aliphatic carbocycles. The molecule has 1 aromatic rings. The third-order valence-corrected chi connectivity index (χ3v) is 4.65. The van der Waals surface area contributed by atoms with Crippen molar-refractivity contribution >= 4 is 15.5 Å². The molecule has 0 unspecified atom stereocenters. The van der Waals surface area contributed by atoms with Gasteiger partial charge in [-0.1, -0.05) is 6.42 Å². The molecule has 0 atom stereocenters. The summed E-state index contributed by atoms with van der Waals surface area (Å²) in [6, 6.07) is 0.748. The first-order valence-electron chi connectivity index (χ1n) is 8.83. The highest BCUT2D eigenvalue weighted by atomic mass is 28.2. The highest BCUT2D eigenvalue weighted by Gasteiger charge is 2.25. The van der Waals surface area contributed by atoms with E-state index in [0.29, 0.717) is 12.8 Å². The van der Waals surface area contributed by atoms with Crippen molar-refractivity contribution < 1.29 is 35.9 Å². The van der Waals surface area contributed by atoms with Crippen LogP contribution in [0.5, 0.6) is 0 Å². The van der Waals surface area contributed by atoms with Gasteiger partial charge in [-0.2, -0.15) is 0 Å². The molecular weight excluding hydrogens is 389 g/mol. The van der Waals surface area contributed by atoms with Crippen molar-refractivity contribution in [2.24, 2.45) is 0 Å². The van der Waals surface area contributed by atoms with Crippen LogP contribution in [0.1, 0.15) is 40.5 Å². The number of nitrogens with one attached hydrogen (secondary N) is 1. The molecule has 10 heteroatoms. The largest absolute Gasteiger partial charge is 0.380 e. The molecule has 0 spiro atoms. The van der Waals surface area contributed by atoms with Crippen molar-refractivity contribution in [2.45, 2.75) is 65.3 Å². The van der Waals surface area contributed by atoms with Gasteiger partial charge in [-0.15, -0.1) is 0 Å². The average molecular weight is 415 g/mol. The lowest BCUT2D eigenvalue weighted by Gasteiger charge is -2.23. The summed E-state index contributed by atoms with van der Waals surface area (Å²) in [6.45, 7) is 6.82.